The molecule has 3 nitrogen and oxygen atoms in total. The Morgan fingerprint density at radius 1 is 1.44 bits per heavy atom. The SMILES string of the molecule is CCc1cc(CC(=O)c2csc(I)c2)n(CC)n1. The molecule has 0 bridgehead atoms. The number of nitrogens with zero attached hydrogens (tertiary/aromatic N) is 2. The highest BCUT2D eigenvalue weighted by molar-refractivity contribution is 14.1. The van der Waals surface area contributed by atoms with Crippen molar-refractivity contribution in [3.63, 3.8) is 0 Å². The molecule has 0 radical (unpaired) electrons. The van der Waals surface area contributed by atoms with Gasteiger partial charge in [-0.2, -0.15) is 5.10 Å². The first kappa shape index (κ1) is 13.7. The molecule has 0 aromatic carbocycles. The van der Waals surface area contributed by atoms with E-state index in [0.29, 0.717) is 6.42 Å². The number of carbonyl (C=O) groups is 1. The molecule has 0 saturated carbocycles. The van der Waals surface area contributed by atoms with Crippen LogP contribution in [0.25, 0.3) is 0 Å². The maximum absolute atomic E-state index is 12.2. The van der Waals surface area contributed by atoms with Crippen molar-refractivity contribution in [2.45, 2.75) is 33.2 Å². The largest absolute Gasteiger partial charge is 0.294 e. The number of carbonyl (C=O) groups excluding carboxylic acids is 1. The molecule has 18 heavy (non-hydrogen) atoms. The summed E-state index contributed by atoms with van der Waals surface area (Å²) in [6.07, 6.45) is 1.35. The van der Waals surface area contributed by atoms with Gasteiger partial charge in [-0.1, -0.05) is 6.92 Å². The van der Waals surface area contributed by atoms with Crippen LogP contribution in [-0.4, -0.2) is 15.6 Å². The molecule has 0 saturated heterocycles. The Labute approximate surface area is 124 Å². The van der Waals surface area contributed by atoms with Crippen LogP contribution in [0.1, 0.15) is 35.6 Å². The normalized spacial score (nSPS) is 10.8. The molecule has 2 heterocycles. The van der Waals surface area contributed by atoms with Crippen LogP contribution in [0.15, 0.2) is 17.5 Å². The number of rotatable bonds is 5. The Kier molecular flexibility index (Phi) is 4.55. The molecular weight excluding hydrogens is 359 g/mol. The number of ketones is 1. The van der Waals surface area contributed by atoms with Crippen molar-refractivity contribution in [2.75, 3.05) is 0 Å². The van der Waals surface area contributed by atoms with Crippen LogP contribution in [0.3, 0.4) is 0 Å². The first-order valence-electron chi connectivity index (χ1n) is 5.96. The number of aromatic nitrogens is 2. The van der Waals surface area contributed by atoms with Gasteiger partial charge in [0.2, 0.25) is 0 Å². The summed E-state index contributed by atoms with van der Waals surface area (Å²) in [5, 5.41) is 6.39. The molecule has 5 heteroatoms. The highest BCUT2D eigenvalue weighted by Gasteiger charge is 2.13. The first-order chi connectivity index (χ1) is 8.63. The number of halogens is 1. The van der Waals surface area contributed by atoms with Crippen molar-refractivity contribution < 1.29 is 4.79 Å². The molecule has 0 unspecified atom stereocenters. The van der Waals surface area contributed by atoms with Gasteiger partial charge in [0, 0.05) is 23.2 Å². The highest BCUT2D eigenvalue weighted by atomic mass is 127. The monoisotopic (exact) mass is 374 g/mol. The molecule has 2 aromatic rings. The fraction of sp³-hybridized carbons (Fsp3) is 0.385. The van der Waals surface area contributed by atoms with E-state index in [9.17, 15) is 4.79 Å². The van der Waals surface area contributed by atoms with Gasteiger partial charge < -0.3 is 0 Å². The van der Waals surface area contributed by atoms with E-state index in [2.05, 4.69) is 34.6 Å². The molecule has 0 fully saturated rings. The fourth-order valence-electron chi connectivity index (χ4n) is 1.83. The average Bonchev–Trinajstić information content (AvgIpc) is 2.95. The average molecular weight is 374 g/mol. The third-order valence-corrected chi connectivity index (χ3v) is 4.60. The van der Waals surface area contributed by atoms with Gasteiger partial charge in [-0.25, -0.2) is 0 Å². The van der Waals surface area contributed by atoms with Crippen molar-refractivity contribution in [3.8, 4) is 0 Å². The zero-order chi connectivity index (χ0) is 13.1. The second-order valence-electron chi connectivity index (χ2n) is 4.04. The van der Waals surface area contributed by atoms with Gasteiger partial charge in [0.25, 0.3) is 0 Å². The molecule has 0 atom stereocenters. The van der Waals surface area contributed by atoms with E-state index in [0.717, 1.165) is 32.8 Å². The van der Waals surface area contributed by atoms with Gasteiger partial charge in [0.05, 0.1) is 15.0 Å². The molecule has 0 aliphatic carbocycles. The van der Waals surface area contributed by atoms with Gasteiger partial charge in [-0.15, -0.1) is 11.3 Å². The van der Waals surface area contributed by atoms with Crippen LogP contribution in [0.2, 0.25) is 0 Å². The summed E-state index contributed by atoms with van der Waals surface area (Å²) >= 11 is 3.84. The smallest absolute Gasteiger partial charge is 0.169 e. The van der Waals surface area contributed by atoms with Crippen molar-refractivity contribution in [1.82, 2.24) is 9.78 Å². The first-order valence-corrected chi connectivity index (χ1v) is 7.92. The summed E-state index contributed by atoms with van der Waals surface area (Å²) < 4.78 is 3.07. The molecule has 96 valence electrons. The van der Waals surface area contributed by atoms with Gasteiger partial charge in [-0.05, 0) is 48.1 Å². The summed E-state index contributed by atoms with van der Waals surface area (Å²) in [6, 6.07) is 3.99. The Morgan fingerprint density at radius 2 is 2.22 bits per heavy atom. The van der Waals surface area contributed by atoms with E-state index in [1.807, 2.05) is 29.1 Å². The third kappa shape index (κ3) is 3.00. The minimum absolute atomic E-state index is 0.173. The zero-order valence-electron chi connectivity index (χ0n) is 10.4. The number of thiophene rings is 1. The lowest BCUT2D eigenvalue weighted by molar-refractivity contribution is 0.0991. The molecular formula is C13H15IN2OS. The molecule has 0 spiro atoms. The summed E-state index contributed by atoms with van der Waals surface area (Å²) in [7, 11) is 0. The van der Waals surface area contributed by atoms with E-state index < -0.39 is 0 Å². The predicted molar refractivity (Wildman–Crippen MR) is 82.3 cm³/mol. The Bertz CT molecular complexity index is 559. The Hall–Kier alpha value is -0.690. The van der Waals surface area contributed by atoms with E-state index in [1.165, 1.54) is 0 Å². The van der Waals surface area contributed by atoms with Gasteiger partial charge in [-0.3, -0.25) is 9.48 Å². The topological polar surface area (TPSA) is 34.9 Å². The summed E-state index contributed by atoms with van der Waals surface area (Å²) in [6.45, 7) is 4.94. The molecule has 0 aliphatic heterocycles. The molecule has 0 N–H and O–H groups in total. The van der Waals surface area contributed by atoms with E-state index in [-0.39, 0.29) is 5.78 Å². The lowest BCUT2D eigenvalue weighted by Crippen LogP contribution is -2.09. The lowest BCUT2D eigenvalue weighted by Gasteiger charge is -2.02. The predicted octanol–water partition coefficient (Wildman–Crippen LogP) is 3.56. The molecule has 0 aliphatic rings. The molecule has 2 aromatic heterocycles. The van der Waals surface area contributed by atoms with Crippen LogP contribution in [0.4, 0.5) is 0 Å². The number of aryl methyl sites for hydroxylation is 2. The number of hydrogen-bond acceptors (Lipinski definition) is 3. The van der Waals surface area contributed by atoms with Crippen LogP contribution in [-0.2, 0) is 19.4 Å². The van der Waals surface area contributed by atoms with E-state index in [1.54, 1.807) is 11.3 Å². The van der Waals surface area contributed by atoms with Crippen molar-refractivity contribution in [3.05, 3.63) is 37.3 Å². The minimum atomic E-state index is 0.173. The zero-order valence-corrected chi connectivity index (χ0v) is 13.4. The number of hydrogen-bond donors (Lipinski definition) is 0. The second kappa shape index (κ2) is 5.97. The maximum atomic E-state index is 12.2. The van der Waals surface area contributed by atoms with Gasteiger partial charge in [0.15, 0.2) is 5.78 Å². The Balaban J connectivity index is 2.18. The quantitative estimate of drug-likeness (QED) is 0.593. The van der Waals surface area contributed by atoms with Crippen molar-refractivity contribution >= 4 is 39.7 Å². The lowest BCUT2D eigenvalue weighted by atomic mass is 10.1. The third-order valence-electron chi connectivity index (χ3n) is 2.81. The summed E-state index contributed by atoms with van der Waals surface area (Å²) in [5.41, 5.74) is 2.88. The van der Waals surface area contributed by atoms with E-state index in [4.69, 9.17) is 0 Å². The van der Waals surface area contributed by atoms with Crippen molar-refractivity contribution in [1.29, 1.82) is 0 Å². The summed E-state index contributed by atoms with van der Waals surface area (Å²) in [5.74, 6) is 0.173. The summed E-state index contributed by atoms with van der Waals surface area (Å²) in [4.78, 5) is 12.2. The maximum Gasteiger partial charge on any atom is 0.169 e. The van der Waals surface area contributed by atoms with Gasteiger partial charge in [0.1, 0.15) is 0 Å². The highest BCUT2D eigenvalue weighted by Crippen LogP contribution is 2.18. The van der Waals surface area contributed by atoms with Crippen LogP contribution in [0.5, 0.6) is 0 Å². The van der Waals surface area contributed by atoms with Crippen LogP contribution >= 0.6 is 33.9 Å². The van der Waals surface area contributed by atoms with Crippen LogP contribution in [0, 0.1) is 2.88 Å². The van der Waals surface area contributed by atoms with Gasteiger partial charge >= 0.3 is 0 Å². The number of Topliss-reactive ketones (excluding diaryl/α,β-unsaturated/α-hetero) is 1. The van der Waals surface area contributed by atoms with Crippen molar-refractivity contribution in [2.24, 2.45) is 0 Å². The molecule has 0 amide bonds. The van der Waals surface area contributed by atoms with Crippen LogP contribution < -0.4 is 0 Å². The fourth-order valence-corrected chi connectivity index (χ4v) is 3.18. The second-order valence-corrected chi connectivity index (χ2v) is 6.84. The Morgan fingerprint density at radius 3 is 2.78 bits per heavy atom. The van der Waals surface area contributed by atoms with E-state index >= 15 is 0 Å². The minimum Gasteiger partial charge on any atom is -0.294 e. The molecule has 2 rings (SSSR count). The standard InChI is InChI=1S/C13H15IN2OS/c1-3-10-6-11(16(4-2)15-10)7-12(17)9-5-13(14)18-8-9/h5-6,8H,3-4,7H2,1-2H3.